The zero-order valence-electron chi connectivity index (χ0n) is 17.0. The maximum atomic E-state index is 12.5. The van der Waals surface area contributed by atoms with Crippen LogP contribution in [-0.4, -0.2) is 57.6 Å². The molecule has 0 aliphatic carbocycles. The van der Waals surface area contributed by atoms with Gasteiger partial charge in [-0.25, -0.2) is 13.2 Å². The molecule has 2 aromatic carbocycles. The number of esters is 1. The van der Waals surface area contributed by atoms with Crippen LogP contribution in [0, 0.1) is 0 Å². The summed E-state index contributed by atoms with van der Waals surface area (Å²) in [6.45, 7) is 0.757. The molecule has 1 aliphatic heterocycles. The first-order valence-electron chi connectivity index (χ1n) is 9.64. The van der Waals surface area contributed by atoms with Crippen molar-refractivity contribution in [3.05, 3.63) is 59.7 Å². The highest BCUT2D eigenvalue weighted by molar-refractivity contribution is 7.89. The van der Waals surface area contributed by atoms with Gasteiger partial charge in [-0.1, -0.05) is 17.3 Å². The number of methoxy groups -OCH3 is 1. The van der Waals surface area contributed by atoms with Gasteiger partial charge in [0.2, 0.25) is 10.0 Å². The fraction of sp³-hybridized carbons (Fsp3) is 0.286. The number of carbonyl (C=O) groups is 2. The first kappa shape index (κ1) is 22.4. The molecule has 2 aromatic rings. The number of hydrogen-bond acceptors (Lipinski definition) is 7. The van der Waals surface area contributed by atoms with Crippen molar-refractivity contribution < 1.29 is 27.6 Å². The van der Waals surface area contributed by atoms with Gasteiger partial charge < -0.3 is 14.9 Å². The van der Waals surface area contributed by atoms with Crippen molar-refractivity contribution >= 4 is 33.8 Å². The molecule has 1 N–H and O–H groups in total. The average Bonchev–Trinajstić information content (AvgIpc) is 3.33. The monoisotopic (exact) mass is 445 g/mol. The molecule has 1 heterocycles. The second-order valence-electron chi connectivity index (χ2n) is 6.81. The molecule has 0 spiro atoms. The molecule has 3 rings (SSSR count). The predicted octanol–water partition coefficient (Wildman–Crippen LogP) is 2.25. The van der Waals surface area contributed by atoms with Crippen LogP contribution in [0.3, 0.4) is 0 Å². The molecular formula is C21H23N3O6S. The van der Waals surface area contributed by atoms with Crippen LogP contribution in [0.1, 0.15) is 28.8 Å². The summed E-state index contributed by atoms with van der Waals surface area (Å²) >= 11 is 0. The van der Waals surface area contributed by atoms with Gasteiger partial charge >= 0.3 is 5.97 Å². The van der Waals surface area contributed by atoms with Gasteiger partial charge in [-0.2, -0.15) is 4.31 Å². The molecule has 1 fully saturated rings. The number of oxime groups is 1. The van der Waals surface area contributed by atoms with Crippen molar-refractivity contribution in [3.8, 4) is 0 Å². The Morgan fingerprint density at radius 3 is 2.32 bits per heavy atom. The second kappa shape index (κ2) is 10.2. The Morgan fingerprint density at radius 1 is 1.06 bits per heavy atom. The quantitative estimate of drug-likeness (QED) is 0.379. The minimum Gasteiger partial charge on any atom is -0.465 e. The Balaban J connectivity index is 1.47. The number of ether oxygens (including phenoxy) is 1. The van der Waals surface area contributed by atoms with Gasteiger partial charge in [-0.15, -0.1) is 0 Å². The van der Waals surface area contributed by atoms with Crippen molar-refractivity contribution in [2.24, 2.45) is 5.16 Å². The number of hydrogen-bond donors (Lipinski definition) is 1. The molecule has 0 bridgehead atoms. The minimum absolute atomic E-state index is 0.200. The van der Waals surface area contributed by atoms with E-state index >= 15 is 0 Å². The lowest BCUT2D eigenvalue weighted by atomic mass is 10.1. The van der Waals surface area contributed by atoms with Crippen molar-refractivity contribution in [1.82, 2.24) is 4.31 Å². The summed E-state index contributed by atoms with van der Waals surface area (Å²) in [7, 11) is -2.18. The fourth-order valence-electron chi connectivity index (χ4n) is 3.00. The number of amides is 1. The van der Waals surface area contributed by atoms with E-state index in [0.29, 0.717) is 29.9 Å². The number of anilines is 1. The molecule has 0 radical (unpaired) electrons. The van der Waals surface area contributed by atoms with E-state index in [-0.39, 0.29) is 11.5 Å². The average molecular weight is 445 g/mol. The lowest BCUT2D eigenvalue weighted by molar-refractivity contribution is -0.120. The molecule has 9 nitrogen and oxygen atoms in total. The smallest absolute Gasteiger partial charge is 0.337 e. The van der Waals surface area contributed by atoms with Gasteiger partial charge in [0, 0.05) is 18.8 Å². The molecule has 31 heavy (non-hydrogen) atoms. The lowest BCUT2D eigenvalue weighted by Crippen LogP contribution is -2.27. The normalized spacial score (nSPS) is 14.5. The number of carbonyl (C=O) groups excluding carboxylic acids is 2. The van der Waals surface area contributed by atoms with Crippen LogP contribution in [0.4, 0.5) is 5.69 Å². The van der Waals surface area contributed by atoms with Crippen molar-refractivity contribution in [1.29, 1.82) is 0 Å². The van der Waals surface area contributed by atoms with Crippen LogP contribution >= 0.6 is 0 Å². The van der Waals surface area contributed by atoms with E-state index in [1.807, 2.05) is 0 Å². The summed E-state index contributed by atoms with van der Waals surface area (Å²) in [4.78, 5) is 28.5. The second-order valence-corrected chi connectivity index (χ2v) is 8.74. The minimum atomic E-state index is -3.49. The first-order valence-corrected chi connectivity index (χ1v) is 11.1. The van der Waals surface area contributed by atoms with Crippen LogP contribution in [0.2, 0.25) is 0 Å². The van der Waals surface area contributed by atoms with Gasteiger partial charge in [0.15, 0.2) is 6.61 Å². The largest absolute Gasteiger partial charge is 0.465 e. The Morgan fingerprint density at radius 2 is 1.71 bits per heavy atom. The van der Waals surface area contributed by atoms with E-state index in [0.717, 1.165) is 12.8 Å². The standard InChI is InChI=1S/C21H23N3O6S/c1-29-21(26)17-6-4-16(5-7-17)14-22-30-15-20(25)23-18-8-10-19(11-9-18)31(27,28)24-12-2-3-13-24/h4-11,14H,2-3,12-13,15H2,1H3,(H,23,25)/b22-14-. The molecule has 0 aromatic heterocycles. The molecule has 1 saturated heterocycles. The first-order chi connectivity index (χ1) is 14.9. The zero-order valence-corrected chi connectivity index (χ0v) is 17.8. The number of sulfonamides is 1. The summed E-state index contributed by atoms with van der Waals surface area (Å²) in [5, 5.41) is 6.34. The van der Waals surface area contributed by atoms with E-state index in [1.165, 1.54) is 41.9 Å². The topological polar surface area (TPSA) is 114 Å². The maximum Gasteiger partial charge on any atom is 0.337 e. The van der Waals surface area contributed by atoms with Gasteiger partial charge in [-0.3, -0.25) is 4.79 Å². The van der Waals surface area contributed by atoms with E-state index < -0.39 is 21.9 Å². The Hall–Kier alpha value is -3.24. The number of nitrogens with one attached hydrogen (secondary N) is 1. The molecular weight excluding hydrogens is 422 g/mol. The predicted molar refractivity (Wildman–Crippen MR) is 114 cm³/mol. The Kier molecular flexibility index (Phi) is 7.37. The number of nitrogens with zero attached hydrogens (tertiary/aromatic N) is 2. The van der Waals surface area contributed by atoms with Crippen LogP contribution in [-0.2, 0) is 24.4 Å². The van der Waals surface area contributed by atoms with E-state index in [9.17, 15) is 18.0 Å². The number of rotatable bonds is 8. The van der Waals surface area contributed by atoms with Gasteiger partial charge in [0.05, 0.1) is 23.8 Å². The van der Waals surface area contributed by atoms with Gasteiger partial charge in [0.25, 0.3) is 5.91 Å². The van der Waals surface area contributed by atoms with E-state index in [2.05, 4.69) is 15.2 Å². The van der Waals surface area contributed by atoms with Crippen LogP contribution in [0.5, 0.6) is 0 Å². The Labute approximate surface area is 180 Å². The van der Waals surface area contributed by atoms with Crippen molar-refractivity contribution in [3.63, 3.8) is 0 Å². The molecule has 0 saturated carbocycles. The lowest BCUT2D eigenvalue weighted by Gasteiger charge is -2.15. The van der Waals surface area contributed by atoms with Crippen molar-refractivity contribution in [2.75, 3.05) is 32.1 Å². The third kappa shape index (κ3) is 5.89. The van der Waals surface area contributed by atoms with E-state index in [4.69, 9.17) is 4.84 Å². The Bertz CT molecular complexity index is 1040. The van der Waals surface area contributed by atoms with E-state index in [1.54, 1.807) is 24.3 Å². The summed E-state index contributed by atoms with van der Waals surface area (Å²) in [5.41, 5.74) is 1.55. The number of benzene rings is 2. The molecule has 10 heteroatoms. The summed E-state index contributed by atoms with van der Waals surface area (Å²) in [6.07, 6.45) is 3.15. The molecule has 0 atom stereocenters. The highest BCUT2D eigenvalue weighted by atomic mass is 32.2. The maximum absolute atomic E-state index is 12.5. The summed E-state index contributed by atoms with van der Waals surface area (Å²) < 4.78 is 31.1. The van der Waals surface area contributed by atoms with Gasteiger partial charge in [0.1, 0.15) is 0 Å². The molecule has 0 unspecified atom stereocenters. The third-order valence-corrected chi connectivity index (χ3v) is 6.56. The van der Waals surface area contributed by atoms with Crippen LogP contribution in [0.25, 0.3) is 0 Å². The highest BCUT2D eigenvalue weighted by Crippen LogP contribution is 2.22. The highest BCUT2D eigenvalue weighted by Gasteiger charge is 2.26. The fourth-order valence-corrected chi connectivity index (χ4v) is 4.52. The van der Waals surface area contributed by atoms with Crippen LogP contribution < -0.4 is 5.32 Å². The van der Waals surface area contributed by atoms with Gasteiger partial charge in [-0.05, 0) is 54.8 Å². The summed E-state index contributed by atoms with van der Waals surface area (Å²) in [6, 6.07) is 12.5. The third-order valence-electron chi connectivity index (χ3n) is 4.64. The molecule has 164 valence electrons. The van der Waals surface area contributed by atoms with Crippen molar-refractivity contribution in [2.45, 2.75) is 17.7 Å². The SMILES string of the molecule is COC(=O)c1ccc(/C=N\OCC(=O)Nc2ccc(S(=O)(=O)N3CCCC3)cc2)cc1. The zero-order chi connectivity index (χ0) is 22.3. The molecule has 1 aliphatic rings. The molecule has 1 amide bonds. The van der Waals surface area contributed by atoms with Crippen LogP contribution in [0.15, 0.2) is 58.6 Å². The summed E-state index contributed by atoms with van der Waals surface area (Å²) in [5.74, 6) is -0.869.